The first kappa shape index (κ1) is 16.7. The van der Waals surface area contributed by atoms with E-state index in [-0.39, 0.29) is 6.04 Å². The lowest BCUT2D eigenvalue weighted by Crippen LogP contribution is -2.44. The van der Waals surface area contributed by atoms with Gasteiger partial charge in [-0.15, -0.1) is 0 Å². The van der Waals surface area contributed by atoms with Crippen molar-refractivity contribution in [2.24, 2.45) is 0 Å². The number of ether oxygens (including phenoxy) is 1. The molecule has 5 heteroatoms. The van der Waals surface area contributed by atoms with Crippen LogP contribution in [-0.2, 0) is 6.54 Å². The molecule has 0 amide bonds. The summed E-state index contributed by atoms with van der Waals surface area (Å²) in [6.07, 6.45) is 2.14. The Morgan fingerprint density at radius 1 is 1.00 bits per heavy atom. The fourth-order valence-corrected chi connectivity index (χ4v) is 3.77. The van der Waals surface area contributed by atoms with Crippen molar-refractivity contribution in [1.82, 2.24) is 9.47 Å². The predicted molar refractivity (Wildman–Crippen MR) is 109 cm³/mol. The molecule has 0 saturated carbocycles. The van der Waals surface area contributed by atoms with Gasteiger partial charge in [-0.2, -0.15) is 0 Å². The van der Waals surface area contributed by atoms with Crippen molar-refractivity contribution < 1.29 is 4.74 Å². The molecule has 1 N–H and O–H groups in total. The van der Waals surface area contributed by atoms with Gasteiger partial charge in [0.05, 0.1) is 13.2 Å². The van der Waals surface area contributed by atoms with Crippen molar-refractivity contribution in [1.29, 1.82) is 0 Å². The summed E-state index contributed by atoms with van der Waals surface area (Å²) in [7, 11) is 1.69. The van der Waals surface area contributed by atoms with Crippen molar-refractivity contribution in [2.75, 3.05) is 19.0 Å². The van der Waals surface area contributed by atoms with Crippen molar-refractivity contribution >= 4 is 23.0 Å². The smallest absolute Gasteiger partial charge is 0.174 e. The van der Waals surface area contributed by atoms with E-state index in [0.717, 1.165) is 29.6 Å². The minimum atomic E-state index is 0.0772. The summed E-state index contributed by atoms with van der Waals surface area (Å²) in [4.78, 5) is 2.26. The third-order valence-corrected chi connectivity index (χ3v) is 5.09. The van der Waals surface area contributed by atoms with Gasteiger partial charge in [0.25, 0.3) is 0 Å². The second kappa shape index (κ2) is 7.22. The van der Waals surface area contributed by atoms with Crippen molar-refractivity contribution in [3.8, 4) is 5.75 Å². The number of hydrogen-bond donors (Lipinski definition) is 1. The van der Waals surface area contributed by atoms with Gasteiger partial charge >= 0.3 is 0 Å². The second-order valence-corrected chi connectivity index (χ2v) is 6.68. The zero-order valence-electron chi connectivity index (χ0n) is 14.6. The standard InChI is InChI=1S/C21H21N3OS/c1-25-18-11-9-16(10-12-18)20-19-8-5-13-23(19)14-15-24(20)21(26)22-17-6-3-2-4-7-17/h2-13,20H,14-15H2,1H3,(H,22,26)/t20-/m0/s1. The van der Waals surface area contributed by atoms with Crippen LogP contribution in [0.25, 0.3) is 0 Å². The summed E-state index contributed by atoms with van der Waals surface area (Å²) in [6.45, 7) is 1.78. The summed E-state index contributed by atoms with van der Waals surface area (Å²) < 4.78 is 7.61. The number of fused-ring (bicyclic) bond motifs is 1. The number of thiocarbonyl (C=S) groups is 1. The van der Waals surface area contributed by atoms with E-state index in [1.54, 1.807) is 7.11 Å². The minimum Gasteiger partial charge on any atom is -0.497 e. The predicted octanol–water partition coefficient (Wildman–Crippen LogP) is 4.30. The minimum absolute atomic E-state index is 0.0772. The molecular formula is C21H21N3OS. The number of hydrogen-bond acceptors (Lipinski definition) is 2. The highest BCUT2D eigenvalue weighted by molar-refractivity contribution is 7.80. The normalized spacial score (nSPS) is 16.0. The SMILES string of the molecule is COc1ccc([C@H]2c3cccn3CCN2C(=S)Nc2ccccc2)cc1. The number of para-hydroxylation sites is 1. The molecule has 26 heavy (non-hydrogen) atoms. The van der Waals surface area contributed by atoms with Crippen molar-refractivity contribution in [2.45, 2.75) is 12.6 Å². The highest BCUT2D eigenvalue weighted by atomic mass is 32.1. The Bertz CT molecular complexity index is 889. The van der Waals surface area contributed by atoms with Crippen LogP contribution < -0.4 is 10.1 Å². The summed E-state index contributed by atoms with van der Waals surface area (Å²) in [5, 5.41) is 4.12. The lowest BCUT2D eigenvalue weighted by molar-refractivity contribution is 0.293. The largest absolute Gasteiger partial charge is 0.497 e. The van der Waals surface area contributed by atoms with Gasteiger partial charge in [0.2, 0.25) is 0 Å². The van der Waals surface area contributed by atoms with E-state index in [0.29, 0.717) is 0 Å². The average Bonchev–Trinajstić information content (AvgIpc) is 3.17. The molecule has 0 aliphatic carbocycles. The Labute approximate surface area is 159 Å². The van der Waals surface area contributed by atoms with E-state index in [1.165, 1.54) is 11.3 Å². The third-order valence-electron chi connectivity index (χ3n) is 4.76. The molecule has 0 unspecified atom stereocenters. The molecule has 4 rings (SSSR count). The Morgan fingerprint density at radius 3 is 2.50 bits per heavy atom. The topological polar surface area (TPSA) is 29.4 Å². The van der Waals surface area contributed by atoms with Gasteiger partial charge in [-0.1, -0.05) is 30.3 Å². The molecular weight excluding hydrogens is 342 g/mol. The van der Waals surface area contributed by atoms with Crippen LogP contribution in [0.15, 0.2) is 72.9 Å². The first-order valence-corrected chi connectivity index (χ1v) is 9.09. The number of methoxy groups -OCH3 is 1. The molecule has 1 aliphatic rings. The van der Waals surface area contributed by atoms with Crippen molar-refractivity contribution in [3.63, 3.8) is 0 Å². The maximum absolute atomic E-state index is 5.77. The van der Waals surface area contributed by atoms with E-state index in [1.807, 2.05) is 42.5 Å². The molecule has 0 spiro atoms. The van der Waals surface area contributed by atoms with Gasteiger partial charge in [-0.3, -0.25) is 0 Å². The van der Waals surface area contributed by atoms with Gasteiger partial charge in [-0.05, 0) is 54.2 Å². The number of anilines is 1. The van der Waals surface area contributed by atoms with Gasteiger partial charge in [0.15, 0.2) is 5.11 Å². The Kier molecular flexibility index (Phi) is 4.63. The van der Waals surface area contributed by atoms with Crippen molar-refractivity contribution in [3.05, 3.63) is 84.2 Å². The van der Waals surface area contributed by atoms with E-state index in [9.17, 15) is 0 Å². The molecule has 1 aromatic heterocycles. The van der Waals surface area contributed by atoms with Gasteiger partial charge in [0.1, 0.15) is 5.75 Å². The second-order valence-electron chi connectivity index (χ2n) is 6.29. The van der Waals surface area contributed by atoms with E-state index in [4.69, 9.17) is 17.0 Å². The third kappa shape index (κ3) is 3.18. The van der Waals surface area contributed by atoms with Crippen LogP contribution >= 0.6 is 12.2 Å². The maximum atomic E-state index is 5.77. The Balaban J connectivity index is 1.67. The van der Waals surface area contributed by atoms with Crippen LogP contribution in [0.4, 0.5) is 5.69 Å². The lowest BCUT2D eigenvalue weighted by atomic mass is 10.00. The van der Waals surface area contributed by atoms with Crippen LogP contribution in [-0.4, -0.2) is 28.2 Å². The fourth-order valence-electron chi connectivity index (χ4n) is 3.46. The molecule has 1 aliphatic heterocycles. The highest BCUT2D eigenvalue weighted by Crippen LogP contribution is 2.33. The van der Waals surface area contributed by atoms with Gasteiger partial charge < -0.3 is 19.5 Å². The molecule has 0 fully saturated rings. The first-order valence-electron chi connectivity index (χ1n) is 8.68. The Hall–Kier alpha value is -2.79. The van der Waals surface area contributed by atoms with E-state index >= 15 is 0 Å². The first-order chi connectivity index (χ1) is 12.8. The van der Waals surface area contributed by atoms with Crippen LogP contribution in [0.3, 0.4) is 0 Å². The number of rotatable bonds is 3. The maximum Gasteiger partial charge on any atom is 0.174 e. The zero-order valence-corrected chi connectivity index (χ0v) is 15.4. The van der Waals surface area contributed by atoms with Crippen LogP contribution in [0.2, 0.25) is 0 Å². The average molecular weight is 363 g/mol. The van der Waals surface area contributed by atoms with Gasteiger partial charge in [-0.25, -0.2) is 0 Å². The molecule has 2 aromatic carbocycles. The molecule has 2 heterocycles. The van der Waals surface area contributed by atoms with Gasteiger partial charge in [0, 0.05) is 30.7 Å². The Morgan fingerprint density at radius 2 is 1.77 bits per heavy atom. The zero-order chi connectivity index (χ0) is 17.9. The molecule has 1 atom stereocenters. The molecule has 3 aromatic rings. The molecule has 0 bridgehead atoms. The monoisotopic (exact) mass is 363 g/mol. The number of nitrogens with one attached hydrogen (secondary N) is 1. The number of benzene rings is 2. The number of nitrogens with zero attached hydrogens (tertiary/aromatic N) is 2. The van der Waals surface area contributed by atoms with Crippen LogP contribution in [0.1, 0.15) is 17.3 Å². The molecule has 0 radical (unpaired) electrons. The number of aromatic nitrogens is 1. The fraction of sp³-hybridized carbons (Fsp3) is 0.190. The summed E-state index contributed by atoms with van der Waals surface area (Å²) in [6, 6.07) is 22.7. The molecule has 4 nitrogen and oxygen atoms in total. The van der Waals surface area contributed by atoms with Crippen LogP contribution in [0.5, 0.6) is 5.75 Å². The van der Waals surface area contributed by atoms with E-state index < -0.39 is 0 Å². The van der Waals surface area contributed by atoms with Crippen LogP contribution in [0, 0.1) is 0 Å². The highest BCUT2D eigenvalue weighted by Gasteiger charge is 2.30. The lowest BCUT2D eigenvalue weighted by Gasteiger charge is -2.39. The van der Waals surface area contributed by atoms with E-state index in [2.05, 4.69) is 45.2 Å². The molecule has 0 saturated heterocycles. The summed E-state index contributed by atoms with van der Waals surface area (Å²) in [5.41, 5.74) is 3.45. The quantitative estimate of drug-likeness (QED) is 0.703. The summed E-state index contributed by atoms with van der Waals surface area (Å²) in [5.74, 6) is 0.858. The summed E-state index contributed by atoms with van der Waals surface area (Å²) >= 11 is 5.77. The molecule has 132 valence electrons.